The van der Waals surface area contributed by atoms with Gasteiger partial charge in [0.1, 0.15) is 17.4 Å². The van der Waals surface area contributed by atoms with Gasteiger partial charge in [0.05, 0.1) is 13.2 Å². The smallest absolute Gasteiger partial charge is 0.237 e. The van der Waals surface area contributed by atoms with Crippen molar-refractivity contribution in [2.75, 3.05) is 20.7 Å². The van der Waals surface area contributed by atoms with Crippen LogP contribution in [0.1, 0.15) is 18.1 Å². The fraction of sp³-hybridized carbons (Fsp3) is 0.350. The number of hydrogen-bond acceptors (Lipinski definition) is 3. The van der Waals surface area contributed by atoms with Crippen molar-refractivity contribution in [3.8, 4) is 5.75 Å². The molecule has 1 unspecified atom stereocenters. The monoisotopic (exact) mass is 362 g/mol. The molecule has 0 bridgehead atoms. The number of hydrogen-bond donors (Lipinski definition) is 1. The summed E-state index contributed by atoms with van der Waals surface area (Å²) in [7, 11) is 3.35. The third kappa shape index (κ3) is 5.52. The summed E-state index contributed by atoms with van der Waals surface area (Å²) < 4.78 is 31.8. The van der Waals surface area contributed by atoms with E-state index in [-0.39, 0.29) is 12.5 Å². The van der Waals surface area contributed by atoms with Crippen LogP contribution in [-0.4, -0.2) is 37.6 Å². The third-order valence-corrected chi connectivity index (χ3v) is 4.35. The van der Waals surface area contributed by atoms with E-state index < -0.39 is 17.7 Å². The zero-order valence-corrected chi connectivity index (χ0v) is 15.3. The van der Waals surface area contributed by atoms with Gasteiger partial charge in [-0.15, -0.1) is 0 Å². The van der Waals surface area contributed by atoms with Gasteiger partial charge in [-0.25, -0.2) is 8.78 Å². The van der Waals surface area contributed by atoms with E-state index in [1.165, 1.54) is 12.1 Å². The minimum Gasteiger partial charge on any atom is -0.497 e. The first-order valence-electron chi connectivity index (χ1n) is 8.45. The van der Waals surface area contributed by atoms with E-state index in [0.717, 1.165) is 17.4 Å². The number of nitrogens with one attached hydrogen (secondary N) is 1. The molecule has 0 aliphatic heterocycles. The lowest BCUT2D eigenvalue weighted by molar-refractivity contribution is -0.125. The maximum absolute atomic E-state index is 13.7. The van der Waals surface area contributed by atoms with E-state index in [2.05, 4.69) is 5.32 Å². The van der Waals surface area contributed by atoms with Crippen LogP contribution in [0.25, 0.3) is 0 Å². The van der Waals surface area contributed by atoms with Crippen LogP contribution in [0.15, 0.2) is 42.5 Å². The molecule has 26 heavy (non-hydrogen) atoms. The lowest BCUT2D eigenvalue weighted by Gasteiger charge is -2.24. The van der Waals surface area contributed by atoms with Crippen molar-refractivity contribution in [1.82, 2.24) is 10.2 Å². The van der Waals surface area contributed by atoms with Crippen LogP contribution >= 0.6 is 0 Å². The third-order valence-electron chi connectivity index (χ3n) is 4.35. The highest BCUT2D eigenvalue weighted by molar-refractivity contribution is 5.81. The summed E-state index contributed by atoms with van der Waals surface area (Å²) in [6.07, 6.45) is 0.707. The summed E-state index contributed by atoms with van der Waals surface area (Å²) in [5.74, 6) is -0.563. The largest absolute Gasteiger partial charge is 0.497 e. The summed E-state index contributed by atoms with van der Waals surface area (Å²) >= 11 is 0. The second-order valence-electron chi connectivity index (χ2n) is 6.22. The average Bonchev–Trinajstić information content (AvgIpc) is 2.63. The second-order valence-corrected chi connectivity index (χ2v) is 6.22. The Kier molecular flexibility index (Phi) is 7.09. The molecule has 0 saturated heterocycles. The summed E-state index contributed by atoms with van der Waals surface area (Å²) in [6, 6.07) is 10.7. The molecule has 0 spiro atoms. The van der Waals surface area contributed by atoms with Crippen LogP contribution in [0, 0.1) is 11.6 Å². The summed E-state index contributed by atoms with van der Waals surface area (Å²) in [4.78, 5) is 14.0. The maximum atomic E-state index is 13.7. The molecule has 4 nitrogen and oxygen atoms in total. The number of methoxy groups -OCH3 is 1. The molecular formula is C20H24F2N2O2. The van der Waals surface area contributed by atoms with Crippen LogP contribution in [0.3, 0.4) is 0 Å². The summed E-state index contributed by atoms with van der Waals surface area (Å²) in [6.45, 7) is 2.48. The molecule has 0 aliphatic carbocycles. The number of amides is 1. The topological polar surface area (TPSA) is 41.6 Å². The molecule has 0 saturated carbocycles. The minimum absolute atomic E-state index is 0.136. The van der Waals surface area contributed by atoms with Crippen LogP contribution < -0.4 is 10.1 Å². The Labute approximate surface area is 152 Å². The lowest BCUT2D eigenvalue weighted by atomic mass is 10.1. The second kappa shape index (κ2) is 9.29. The number of rotatable bonds is 8. The van der Waals surface area contributed by atoms with Gasteiger partial charge in [-0.3, -0.25) is 9.69 Å². The van der Waals surface area contributed by atoms with Gasteiger partial charge in [-0.1, -0.05) is 18.2 Å². The molecule has 2 aromatic rings. The molecule has 1 N–H and O–H groups in total. The number of carbonyl (C=O) groups excluding carboxylic acids is 1. The van der Waals surface area contributed by atoms with E-state index in [1.54, 1.807) is 26.0 Å². The van der Waals surface area contributed by atoms with Crippen molar-refractivity contribution in [3.63, 3.8) is 0 Å². The van der Waals surface area contributed by atoms with E-state index >= 15 is 0 Å². The first-order valence-corrected chi connectivity index (χ1v) is 8.45. The van der Waals surface area contributed by atoms with Crippen LogP contribution in [0.4, 0.5) is 8.78 Å². The number of nitrogens with zero attached hydrogens (tertiary/aromatic N) is 1. The van der Waals surface area contributed by atoms with Gasteiger partial charge in [0, 0.05) is 24.7 Å². The zero-order chi connectivity index (χ0) is 19.1. The van der Waals surface area contributed by atoms with Crippen molar-refractivity contribution in [2.45, 2.75) is 25.9 Å². The molecule has 0 heterocycles. The fourth-order valence-corrected chi connectivity index (χ4v) is 2.53. The van der Waals surface area contributed by atoms with Crippen molar-refractivity contribution in [1.29, 1.82) is 0 Å². The van der Waals surface area contributed by atoms with E-state index in [9.17, 15) is 13.6 Å². The Morgan fingerprint density at radius 2 is 1.88 bits per heavy atom. The lowest BCUT2D eigenvalue weighted by Crippen LogP contribution is -2.43. The van der Waals surface area contributed by atoms with Crippen molar-refractivity contribution in [3.05, 3.63) is 65.2 Å². The first kappa shape index (κ1) is 19.8. The van der Waals surface area contributed by atoms with Crippen LogP contribution in [-0.2, 0) is 17.8 Å². The number of ether oxygens (including phenoxy) is 1. The highest BCUT2D eigenvalue weighted by Crippen LogP contribution is 2.13. The first-order chi connectivity index (χ1) is 12.4. The number of likely N-dealkylation sites (N-methyl/N-ethyl adjacent to an activating group) is 1. The molecule has 0 aromatic heterocycles. The van der Waals surface area contributed by atoms with Crippen LogP contribution in [0.2, 0.25) is 0 Å². The molecule has 0 fully saturated rings. The summed E-state index contributed by atoms with van der Waals surface area (Å²) in [5, 5.41) is 2.88. The molecule has 1 amide bonds. The predicted octanol–water partition coefficient (Wildman–Crippen LogP) is 3.15. The highest BCUT2D eigenvalue weighted by atomic mass is 19.1. The molecule has 6 heteroatoms. The Bertz CT molecular complexity index is 735. The van der Waals surface area contributed by atoms with Crippen molar-refractivity contribution < 1.29 is 18.3 Å². The molecule has 2 rings (SSSR count). The average molecular weight is 362 g/mol. The normalized spacial score (nSPS) is 12.1. The van der Waals surface area contributed by atoms with Gasteiger partial charge in [-0.2, -0.15) is 0 Å². The molecule has 0 aliphatic rings. The Morgan fingerprint density at radius 1 is 1.19 bits per heavy atom. The van der Waals surface area contributed by atoms with E-state index in [0.29, 0.717) is 18.5 Å². The molecule has 2 aromatic carbocycles. The SMILES string of the molecule is COc1ccc(CCNC(=O)C(C)N(C)Cc2ccc(F)cc2F)cc1. The number of carbonyl (C=O) groups is 1. The maximum Gasteiger partial charge on any atom is 0.237 e. The Hall–Kier alpha value is -2.47. The highest BCUT2D eigenvalue weighted by Gasteiger charge is 2.19. The standard InChI is InChI=1S/C20H24F2N2O2/c1-14(24(2)13-16-6-7-17(21)12-19(16)22)20(25)23-11-10-15-4-8-18(26-3)9-5-15/h4-9,12,14H,10-11,13H2,1-3H3,(H,23,25). The molecule has 1 atom stereocenters. The van der Waals surface area contributed by atoms with E-state index in [1.807, 2.05) is 24.3 Å². The van der Waals surface area contributed by atoms with Gasteiger partial charge in [0.25, 0.3) is 0 Å². The Balaban J connectivity index is 1.81. The van der Waals surface area contributed by atoms with Gasteiger partial charge >= 0.3 is 0 Å². The minimum atomic E-state index is -0.613. The zero-order valence-electron chi connectivity index (χ0n) is 15.3. The Morgan fingerprint density at radius 3 is 2.50 bits per heavy atom. The molecule has 140 valence electrons. The summed E-state index contributed by atoms with van der Waals surface area (Å²) in [5.41, 5.74) is 1.45. The number of benzene rings is 2. The molecular weight excluding hydrogens is 338 g/mol. The van der Waals surface area contributed by atoms with Gasteiger partial charge in [-0.05, 0) is 44.2 Å². The quantitative estimate of drug-likeness (QED) is 0.784. The molecule has 0 radical (unpaired) electrons. The van der Waals surface area contributed by atoms with E-state index in [4.69, 9.17) is 4.74 Å². The van der Waals surface area contributed by atoms with Crippen LogP contribution in [0.5, 0.6) is 5.75 Å². The van der Waals surface area contributed by atoms with Gasteiger partial charge < -0.3 is 10.1 Å². The van der Waals surface area contributed by atoms with Crippen molar-refractivity contribution >= 4 is 5.91 Å². The number of halogens is 2. The van der Waals surface area contributed by atoms with Crippen molar-refractivity contribution in [2.24, 2.45) is 0 Å². The van der Waals surface area contributed by atoms with Gasteiger partial charge in [0.15, 0.2) is 0 Å². The fourth-order valence-electron chi connectivity index (χ4n) is 2.53. The van der Waals surface area contributed by atoms with Gasteiger partial charge in [0.2, 0.25) is 5.91 Å². The predicted molar refractivity (Wildman–Crippen MR) is 97.0 cm³/mol.